The summed E-state index contributed by atoms with van der Waals surface area (Å²) in [7, 11) is 2.11. The van der Waals surface area contributed by atoms with Crippen molar-refractivity contribution in [2.75, 3.05) is 0 Å². The molecule has 1 aromatic carbocycles. The molecule has 0 saturated carbocycles. The highest BCUT2D eigenvalue weighted by Gasteiger charge is 2.11. The van der Waals surface area contributed by atoms with Crippen LogP contribution in [-0.2, 0) is 7.05 Å². The van der Waals surface area contributed by atoms with E-state index >= 15 is 0 Å². The molecule has 0 aliphatic carbocycles. The zero-order chi connectivity index (χ0) is 10.8. The Morgan fingerprint density at radius 3 is 2.20 bits per heavy atom. The highest BCUT2D eigenvalue weighted by molar-refractivity contribution is 5.64. The molecule has 0 N–H and O–H groups in total. The molecule has 0 radical (unpaired) electrons. The van der Waals surface area contributed by atoms with Crippen molar-refractivity contribution in [3.8, 4) is 11.1 Å². The molecule has 0 amide bonds. The maximum atomic E-state index is 2.22. The van der Waals surface area contributed by atoms with E-state index in [1.807, 2.05) is 6.07 Å². The van der Waals surface area contributed by atoms with Crippen LogP contribution in [0.1, 0.15) is 11.4 Å². The van der Waals surface area contributed by atoms with Crippen LogP contribution in [0, 0.1) is 13.8 Å². The van der Waals surface area contributed by atoms with Gasteiger partial charge in [0.1, 0.15) is 7.05 Å². The molecule has 0 unspecified atom stereocenters. The Morgan fingerprint density at radius 1 is 0.867 bits per heavy atom. The number of hydrogen-bond donors (Lipinski definition) is 0. The average molecular weight is 198 g/mol. The Bertz CT molecular complexity index is 472. The molecule has 2 aromatic rings. The summed E-state index contributed by atoms with van der Waals surface area (Å²) < 4.78 is 2.22. The van der Waals surface area contributed by atoms with E-state index in [1.54, 1.807) is 0 Å². The maximum Gasteiger partial charge on any atom is 0.186 e. The molecule has 76 valence electrons. The van der Waals surface area contributed by atoms with Crippen molar-refractivity contribution in [3.05, 3.63) is 53.9 Å². The summed E-state index contributed by atoms with van der Waals surface area (Å²) in [6, 6.07) is 14.9. The van der Waals surface area contributed by atoms with Crippen LogP contribution in [-0.4, -0.2) is 0 Å². The van der Waals surface area contributed by atoms with Gasteiger partial charge >= 0.3 is 0 Å². The zero-order valence-electron chi connectivity index (χ0n) is 9.49. The Morgan fingerprint density at radius 2 is 1.53 bits per heavy atom. The van der Waals surface area contributed by atoms with Gasteiger partial charge in [-0.2, -0.15) is 0 Å². The molecule has 1 heteroatoms. The summed E-state index contributed by atoms with van der Waals surface area (Å²) in [6.07, 6.45) is 0. The summed E-state index contributed by atoms with van der Waals surface area (Å²) in [5.74, 6) is 0. The van der Waals surface area contributed by atoms with Crippen molar-refractivity contribution >= 4 is 0 Å². The third-order valence-electron chi connectivity index (χ3n) is 3.00. The predicted molar refractivity (Wildman–Crippen MR) is 62.5 cm³/mol. The van der Waals surface area contributed by atoms with Crippen molar-refractivity contribution < 1.29 is 4.57 Å². The van der Waals surface area contributed by atoms with Crippen molar-refractivity contribution in [1.29, 1.82) is 0 Å². The van der Waals surface area contributed by atoms with E-state index in [0.29, 0.717) is 0 Å². The van der Waals surface area contributed by atoms with Crippen LogP contribution in [0.25, 0.3) is 11.1 Å². The number of aromatic nitrogens is 1. The van der Waals surface area contributed by atoms with E-state index < -0.39 is 0 Å². The van der Waals surface area contributed by atoms with Crippen LogP contribution in [0.5, 0.6) is 0 Å². The van der Waals surface area contributed by atoms with Gasteiger partial charge in [0, 0.05) is 25.5 Å². The van der Waals surface area contributed by atoms with Gasteiger partial charge < -0.3 is 0 Å². The Labute approximate surface area is 91.0 Å². The van der Waals surface area contributed by atoms with Gasteiger partial charge in [-0.3, -0.25) is 0 Å². The quantitative estimate of drug-likeness (QED) is 0.620. The minimum atomic E-state index is 1.28. The molecular formula is C14H16N+. The van der Waals surface area contributed by atoms with Gasteiger partial charge in [-0.15, -0.1) is 0 Å². The standard InChI is InChI=1S/C14H16N/c1-11-9-10-14(12(2)15(11)3)13-7-5-4-6-8-13/h4-10H,1-3H3/q+1. The first-order valence-corrected chi connectivity index (χ1v) is 5.22. The Balaban J connectivity index is 2.60. The minimum absolute atomic E-state index is 1.28. The molecule has 1 aromatic heterocycles. The first-order valence-electron chi connectivity index (χ1n) is 5.22. The number of benzene rings is 1. The van der Waals surface area contributed by atoms with Crippen LogP contribution < -0.4 is 4.57 Å². The fourth-order valence-corrected chi connectivity index (χ4v) is 1.80. The number of hydrogen-bond acceptors (Lipinski definition) is 0. The number of nitrogens with zero attached hydrogens (tertiary/aromatic N) is 1. The van der Waals surface area contributed by atoms with Crippen LogP contribution in [0.3, 0.4) is 0 Å². The normalized spacial score (nSPS) is 10.3. The molecule has 0 saturated heterocycles. The molecule has 0 fully saturated rings. The summed E-state index contributed by atoms with van der Waals surface area (Å²) in [4.78, 5) is 0. The van der Waals surface area contributed by atoms with Crippen molar-refractivity contribution in [1.82, 2.24) is 0 Å². The molecule has 0 atom stereocenters. The Hall–Kier alpha value is -1.63. The molecule has 1 heterocycles. The van der Waals surface area contributed by atoms with Gasteiger partial charge in [-0.1, -0.05) is 30.3 Å². The molecule has 0 aliphatic heterocycles. The van der Waals surface area contributed by atoms with Gasteiger partial charge in [0.2, 0.25) is 0 Å². The molecule has 2 rings (SSSR count). The van der Waals surface area contributed by atoms with Gasteiger partial charge in [0.05, 0.1) is 0 Å². The molecular weight excluding hydrogens is 182 g/mol. The van der Waals surface area contributed by atoms with Gasteiger partial charge in [0.25, 0.3) is 0 Å². The zero-order valence-corrected chi connectivity index (χ0v) is 9.49. The second-order valence-corrected chi connectivity index (χ2v) is 3.90. The van der Waals surface area contributed by atoms with E-state index in [-0.39, 0.29) is 0 Å². The molecule has 0 aliphatic rings. The van der Waals surface area contributed by atoms with Crippen LogP contribution in [0.2, 0.25) is 0 Å². The second-order valence-electron chi connectivity index (χ2n) is 3.90. The number of rotatable bonds is 1. The largest absolute Gasteiger partial charge is 0.202 e. The summed E-state index contributed by atoms with van der Waals surface area (Å²) in [6.45, 7) is 4.29. The first-order chi connectivity index (χ1) is 7.20. The van der Waals surface area contributed by atoms with E-state index in [2.05, 4.69) is 61.9 Å². The highest BCUT2D eigenvalue weighted by atomic mass is 14.9. The SMILES string of the molecule is Cc1ccc(-c2ccccc2)c(C)[n+]1C. The van der Waals surface area contributed by atoms with Crippen molar-refractivity contribution in [2.45, 2.75) is 13.8 Å². The Kier molecular flexibility index (Phi) is 2.55. The van der Waals surface area contributed by atoms with E-state index in [1.165, 1.54) is 22.5 Å². The molecule has 0 spiro atoms. The second kappa shape index (κ2) is 3.85. The number of aryl methyl sites for hydroxylation is 1. The van der Waals surface area contributed by atoms with Crippen molar-refractivity contribution in [2.24, 2.45) is 7.05 Å². The molecule has 0 bridgehead atoms. The lowest BCUT2D eigenvalue weighted by molar-refractivity contribution is -0.683. The first kappa shape index (κ1) is 9.91. The van der Waals surface area contributed by atoms with Gasteiger partial charge in [-0.25, -0.2) is 4.57 Å². The molecule has 1 nitrogen and oxygen atoms in total. The lowest BCUT2D eigenvalue weighted by atomic mass is 10.0. The average Bonchev–Trinajstić information content (AvgIpc) is 2.27. The number of pyridine rings is 1. The predicted octanol–water partition coefficient (Wildman–Crippen LogP) is 2.79. The van der Waals surface area contributed by atoms with E-state index in [9.17, 15) is 0 Å². The molecule has 15 heavy (non-hydrogen) atoms. The maximum absolute atomic E-state index is 2.22. The van der Waals surface area contributed by atoms with E-state index in [0.717, 1.165) is 0 Å². The van der Waals surface area contributed by atoms with Crippen molar-refractivity contribution in [3.63, 3.8) is 0 Å². The smallest absolute Gasteiger partial charge is 0.186 e. The summed E-state index contributed by atoms with van der Waals surface area (Å²) >= 11 is 0. The minimum Gasteiger partial charge on any atom is -0.202 e. The monoisotopic (exact) mass is 198 g/mol. The lowest BCUT2D eigenvalue weighted by Crippen LogP contribution is -2.35. The third-order valence-corrected chi connectivity index (χ3v) is 3.00. The van der Waals surface area contributed by atoms with Crippen LogP contribution in [0.4, 0.5) is 0 Å². The summed E-state index contributed by atoms with van der Waals surface area (Å²) in [5, 5.41) is 0. The topological polar surface area (TPSA) is 3.88 Å². The summed E-state index contributed by atoms with van der Waals surface area (Å²) in [5.41, 5.74) is 5.18. The van der Waals surface area contributed by atoms with Gasteiger partial charge in [0.15, 0.2) is 11.4 Å². The lowest BCUT2D eigenvalue weighted by Gasteiger charge is -2.05. The van der Waals surface area contributed by atoms with Crippen LogP contribution >= 0.6 is 0 Å². The van der Waals surface area contributed by atoms with Crippen LogP contribution in [0.15, 0.2) is 42.5 Å². The fourth-order valence-electron chi connectivity index (χ4n) is 1.80. The van der Waals surface area contributed by atoms with E-state index in [4.69, 9.17) is 0 Å². The third kappa shape index (κ3) is 1.78. The van der Waals surface area contributed by atoms with Gasteiger partial charge in [-0.05, 0) is 11.6 Å². The highest BCUT2D eigenvalue weighted by Crippen LogP contribution is 2.20. The fraction of sp³-hybridized carbons (Fsp3) is 0.214.